The smallest absolute Gasteiger partial charge is 0.352 e. The first-order valence-corrected chi connectivity index (χ1v) is 13.5. The molecule has 2 atom stereocenters. The van der Waals surface area contributed by atoms with Gasteiger partial charge in [-0.05, 0) is 57.3 Å². The van der Waals surface area contributed by atoms with Crippen molar-refractivity contribution in [3.05, 3.63) is 126 Å². The lowest BCUT2D eigenvalue weighted by atomic mass is 9.68. The summed E-state index contributed by atoms with van der Waals surface area (Å²) < 4.78 is 4.31. The van der Waals surface area contributed by atoms with Crippen LogP contribution in [-0.4, -0.2) is 30.6 Å². The molecule has 0 saturated carbocycles. The molecule has 0 spiro atoms. The first-order valence-electron chi connectivity index (χ1n) is 12.5. The van der Waals surface area contributed by atoms with Gasteiger partial charge in [-0.2, -0.15) is 0 Å². The van der Waals surface area contributed by atoms with E-state index in [1.165, 1.54) is 15.4 Å². The van der Waals surface area contributed by atoms with E-state index in [0.29, 0.717) is 25.8 Å². The van der Waals surface area contributed by atoms with E-state index in [9.17, 15) is 24.3 Å². The number of allylic oxidation sites excluding steroid dienone is 6. The number of nitrogens with zero attached hydrogens (tertiary/aromatic N) is 3. The van der Waals surface area contributed by atoms with Crippen LogP contribution >= 0.6 is 22.6 Å². The molecule has 8 nitrogen and oxygen atoms in total. The third-order valence-corrected chi connectivity index (χ3v) is 8.66. The number of carbonyl (C=O) groups excluding carboxylic acids is 2. The molecule has 0 fully saturated rings. The Morgan fingerprint density at radius 2 is 1.56 bits per heavy atom. The molecule has 0 radical (unpaired) electrons. The highest BCUT2D eigenvalue weighted by atomic mass is 127. The molecule has 0 amide bonds. The topological polar surface area (TPSA) is 103 Å². The summed E-state index contributed by atoms with van der Waals surface area (Å²) in [7, 11) is 0. The Bertz CT molecular complexity index is 1970. The maximum atomic E-state index is 13.8. The van der Waals surface area contributed by atoms with Gasteiger partial charge in [-0.3, -0.25) is 9.59 Å². The number of para-hydroxylation sites is 1. The molecule has 0 saturated heterocycles. The average molecular weight is 629 g/mol. The molecule has 2 heterocycles. The first kappa shape index (κ1) is 23.8. The van der Waals surface area contributed by atoms with Crippen LogP contribution in [0.4, 0.5) is 0 Å². The summed E-state index contributed by atoms with van der Waals surface area (Å²) in [6.07, 6.45) is 3.37. The predicted octanol–water partition coefficient (Wildman–Crippen LogP) is 4.10. The van der Waals surface area contributed by atoms with Gasteiger partial charge in [0, 0.05) is 34.9 Å². The number of aromatic nitrogens is 3. The van der Waals surface area contributed by atoms with E-state index in [2.05, 4.69) is 0 Å². The number of phenols is 1. The zero-order valence-corrected chi connectivity index (χ0v) is 22.5. The second kappa shape index (κ2) is 8.63. The minimum absolute atomic E-state index is 0.110. The van der Waals surface area contributed by atoms with Gasteiger partial charge in [-0.1, -0.05) is 54.6 Å². The molecule has 3 aromatic carbocycles. The number of hydrogen-bond donors (Lipinski definition) is 1. The van der Waals surface area contributed by atoms with Crippen molar-refractivity contribution in [3.63, 3.8) is 0 Å². The van der Waals surface area contributed by atoms with Crippen LogP contribution in [0.3, 0.4) is 0 Å². The zero-order valence-electron chi connectivity index (χ0n) is 20.4. The summed E-state index contributed by atoms with van der Waals surface area (Å²) in [5.41, 5.74) is 1.78. The fourth-order valence-electron chi connectivity index (χ4n) is 6.18. The van der Waals surface area contributed by atoms with E-state index in [-0.39, 0.29) is 30.3 Å². The number of phenolic OH excluding ortho intramolecular Hbond substituents is 1. The van der Waals surface area contributed by atoms with E-state index in [4.69, 9.17) is 0 Å². The first-order chi connectivity index (χ1) is 18.9. The molecule has 3 aliphatic rings. The van der Waals surface area contributed by atoms with Crippen molar-refractivity contribution >= 4 is 44.9 Å². The fourth-order valence-corrected chi connectivity index (χ4v) is 6.75. The van der Waals surface area contributed by atoms with Gasteiger partial charge in [-0.25, -0.2) is 23.5 Å². The summed E-state index contributed by atoms with van der Waals surface area (Å²) in [6, 6.07) is 18.8. The lowest BCUT2D eigenvalue weighted by Gasteiger charge is -2.39. The van der Waals surface area contributed by atoms with Crippen LogP contribution < -0.4 is 11.4 Å². The zero-order chi connectivity index (χ0) is 27.0. The molecule has 4 aromatic rings. The summed E-state index contributed by atoms with van der Waals surface area (Å²) in [4.78, 5) is 54.2. The highest BCUT2D eigenvalue weighted by Crippen LogP contribution is 2.51. The SMILES string of the molecule is O=C1C=C(I)C(=O)C2=C1C[C@@H]1C(=CCn3c(=O)n(-c4ccccc4)c(=O)n31)[C@@H]2c1ccc(O)c2ccccc12. The van der Waals surface area contributed by atoms with Crippen molar-refractivity contribution in [3.8, 4) is 11.4 Å². The molecule has 192 valence electrons. The third-order valence-electron chi connectivity index (χ3n) is 7.86. The Morgan fingerprint density at radius 3 is 2.33 bits per heavy atom. The maximum absolute atomic E-state index is 13.8. The molecule has 1 aliphatic heterocycles. The van der Waals surface area contributed by atoms with Crippen molar-refractivity contribution in [2.75, 3.05) is 0 Å². The van der Waals surface area contributed by atoms with Crippen LogP contribution in [0, 0.1) is 0 Å². The van der Waals surface area contributed by atoms with Gasteiger partial charge in [0.2, 0.25) is 0 Å². The Hall–Kier alpha value is -4.25. The molecule has 0 bridgehead atoms. The van der Waals surface area contributed by atoms with Crippen LogP contribution in [0.5, 0.6) is 5.75 Å². The van der Waals surface area contributed by atoms with E-state index < -0.39 is 23.3 Å². The van der Waals surface area contributed by atoms with E-state index in [0.717, 1.165) is 21.1 Å². The van der Waals surface area contributed by atoms with Gasteiger partial charge in [0.05, 0.1) is 21.9 Å². The van der Waals surface area contributed by atoms with Gasteiger partial charge >= 0.3 is 11.4 Å². The number of halogens is 1. The maximum Gasteiger partial charge on any atom is 0.352 e. The van der Waals surface area contributed by atoms with Gasteiger partial charge in [0.15, 0.2) is 11.6 Å². The molecule has 2 aliphatic carbocycles. The second-order valence-electron chi connectivity index (χ2n) is 9.82. The summed E-state index contributed by atoms with van der Waals surface area (Å²) in [6.45, 7) is 0.143. The Kier molecular flexibility index (Phi) is 5.28. The second-order valence-corrected chi connectivity index (χ2v) is 11.0. The van der Waals surface area contributed by atoms with Gasteiger partial charge in [-0.15, -0.1) is 0 Å². The number of carbonyl (C=O) groups is 2. The third kappa shape index (κ3) is 3.35. The Balaban J connectivity index is 1.51. The summed E-state index contributed by atoms with van der Waals surface area (Å²) in [5.74, 6) is -1.01. The van der Waals surface area contributed by atoms with Gasteiger partial charge in [0.25, 0.3) is 0 Å². The minimum atomic E-state index is -0.638. The number of Topliss-reactive ketones (excluding diaryl/α,β-unsaturated/α-hetero) is 1. The van der Waals surface area contributed by atoms with Crippen LogP contribution in [0.25, 0.3) is 16.5 Å². The molecule has 1 N–H and O–H groups in total. The number of fused-ring (bicyclic) bond motifs is 4. The van der Waals surface area contributed by atoms with Gasteiger partial charge < -0.3 is 5.11 Å². The number of benzene rings is 3. The molecule has 0 unspecified atom stereocenters. The van der Waals surface area contributed by atoms with Crippen molar-refractivity contribution in [1.82, 2.24) is 13.9 Å². The lowest BCUT2D eigenvalue weighted by Crippen LogP contribution is -2.40. The van der Waals surface area contributed by atoms with Crippen LogP contribution in [0.15, 0.2) is 109 Å². The highest BCUT2D eigenvalue weighted by Gasteiger charge is 2.45. The molecule has 7 rings (SSSR count). The molecular weight excluding hydrogens is 609 g/mol. The van der Waals surface area contributed by atoms with Crippen molar-refractivity contribution in [1.29, 1.82) is 0 Å². The molecule has 1 aromatic heterocycles. The number of hydrogen-bond acceptors (Lipinski definition) is 5. The molecule has 9 heteroatoms. The van der Waals surface area contributed by atoms with Crippen molar-refractivity contribution in [2.45, 2.75) is 24.9 Å². The summed E-state index contributed by atoms with van der Waals surface area (Å²) >= 11 is 1.90. The molecular formula is C30H20IN3O5. The predicted molar refractivity (Wildman–Crippen MR) is 154 cm³/mol. The average Bonchev–Trinajstić information content (AvgIpc) is 3.21. The van der Waals surface area contributed by atoms with E-state index in [1.807, 2.05) is 52.9 Å². The monoisotopic (exact) mass is 629 g/mol. The lowest BCUT2D eigenvalue weighted by molar-refractivity contribution is -0.115. The minimum Gasteiger partial charge on any atom is -0.507 e. The Morgan fingerprint density at radius 1 is 0.846 bits per heavy atom. The normalized spacial score (nSPS) is 20.3. The van der Waals surface area contributed by atoms with Crippen molar-refractivity contribution < 1.29 is 14.7 Å². The standard InChI is InChI=1S/C30H20IN3O5/c31-22-15-25(36)21-14-23-20(12-13-32-29(38)33(30(39)34(23)32)16-6-2-1-3-7-16)26(27(21)28(22)37)19-10-11-24(35)18-9-5-4-8-17(18)19/h1-12,15,23,26,35H,13-14H2/t23-,26+/m1/s1. The van der Waals surface area contributed by atoms with Crippen LogP contribution in [-0.2, 0) is 16.1 Å². The Labute approximate surface area is 234 Å². The highest BCUT2D eigenvalue weighted by molar-refractivity contribution is 14.1. The quantitative estimate of drug-likeness (QED) is 0.205. The fraction of sp³-hybridized carbons (Fsp3) is 0.133. The van der Waals surface area contributed by atoms with Gasteiger partial charge in [0.1, 0.15) is 5.75 Å². The molecule has 39 heavy (non-hydrogen) atoms. The number of rotatable bonds is 2. The van der Waals surface area contributed by atoms with Crippen LogP contribution in [0.1, 0.15) is 23.9 Å². The number of aromatic hydroxyl groups is 1. The van der Waals surface area contributed by atoms with E-state index in [1.54, 1.807) is 42.5 Å². The van der Waals surface area contributed by atoms with Crippen LogP contribution in [0.2, 0.25) is 0 Å². The van der Waals surface area contributed by atoms with E-state index >= 15 is 0 Å². The largest absolute Gasteiger partial charge is 0.507 e. The van der Waals surface area contributed by atoms with Crippen molar-refractivity contribution in [2.24, 2.45) is 0 Å². The number of ketones is 2. The summed E-state index contributed by atoms with van der Waals surface area (Å²) in [5, 5.41) is 11.9.